The molecule has 362 valence electrons. The first-order valence-corrected chi connectivity index (χ1v) is 21.1. The molecule has 12 nitrogen and oxygen atoms in total. The van der Waals surface area contributed by atoms with E-state index in [9.17, 15) is 44.3 Å². The van der Waals surface area contributed by atoms with Gasteiger partial charge in [0.15, 0.2) is 12.6 Å². The van der Waals surface area contributed by atoms with Crippen LogP contribution in [-0.2, 0) is 20.6 Å². The molecule has 2 aromatic heterocycles. The molecule has 0 saturated carbocycles. The number of ether oxygens (including phenoxy) is 5. The number of anilines is 1. The van der Waals surface area contributed by atoms with Crippen LogP contribution in [0.25, 0.3) is 32.9 Å². The molecule has 23 heteroatoms. The van der Waals surface area contributed by atoms with Gasteiger partial charge in [0.1, 0.15) is 40.8 Å². The second-order valence-corrected chi connectivity index (χ2v) is 18.0. The van der Waals surface area contributed by atoms with Crippen LogP contribution in [0.1, 0.15) is 57.7 Å². The summed E-state index contributed by atoms with van der Waals surface area (Å²) in [6.45, 7) is 4.11. The maximum atomic E-state index is 17.6. The molecule has 0 bridgehead atoms. The lowest BCUT2D eigenvalue weighted by molar-refractivity contribution is -0.463. The number of aromatic nitrogens is 3. The van der Waals surface area contributed by atoms with E-state index in [0.717, 1.165) is 6.07 Å². The first-order valence-electron chi connectivity index (χ1n) is 21.1. The molecular weight excluding hydrogens is 917 g/mol. The van der Waals surface area contributed by atoms with Gasteiger partial charge >= 0.3 is 36.2 Å². The molecule has 0 N–H and O–H groups in total. The minimum Gasteiger partial charge on any atom is -0.468 e. The molecule has 4 aliphatic heterocycles. The van der Waals surface area contributed by atoms with Crippen molar-refractivity contribution in [2.45, 2.75) is 100 Å². The van der Waals surface area contributed by atoms with Gasteiger partial charge in [-0.15, -0.1) is 6.42 Å². The smallest absolute Gasteiger partial charge is 0.435 e. The first-order chi connectivity index (χ1) is 31.3. The van der Waals surface area contributed by atoms with Crippen molar-refractivity contribution in [1.29, 1.82) is 0 Å². The van der Waals surface area contributed by atoms with Crippen LogP contribution in [0.5, 0.6) is 11.8 Å². The lowest BCUT2D eigenvalue weighted by Crippen LogP contribution is -2.68. The Balaban J connectivity index is 1.23. The number of terminal acetylenes is 1. The molecule has 4 aliphatic rings. The molecular formula is C44H43F11N6O6. The summed E-state index contributed by atoms with van der Waals surface area (Å²) in [5.41, 5.74) is -9.31. The molecule has 4 aromatic rings. The third-order valence-electron chi connectivity index (χ3n) is 12.5. The van der Waals surface area contributed by atoms with Gasteiger partial charge in [-0.25, -0.2) is 18.6 Å². The molecule has 0 spiro atoms. The van der Waals surface area contributed by atoms with Crippen molar-refractivity contribution in [2.24, 2.45) is 0 Å². The fraction of sp³-hybridized carbons (Fsp3) is 0.545. The molecule has 3 saturated heterocycles. The van der Waals surface area contributed by atoms with E-state index in [1.54, 1.807) is 26.8 Å². The standard InChI is InChI=1S/C44H43F11N6O6/c1-6-27-29(45)10-8-23-16-25(65-22-63-5)17-28(31(23)27)34-33(46)35-32-30(56-34)11-9-24-19-59(38(62)67-39(2,3)4)14-15-61(24)36(32)58-37(57-35)64-21-40-12-7-13-60(40)20-26(18-40)66-41(42(47,48)49,43(50,51)52)44(53,54)55/h1,8,10,16-17,24,26H,7,9,11-15,18-22H2,2-5H3. The number of methoxy groups -OCH3 is 1. The minimum atomic E-state index is -6.92. The molecule has 67 heavy (non-hydrogen) atoms. The number of hydrogen-bond acceptors (Lipinski definition) is 11. The number of carbonyl (C=O) groups excluding carboxylic acids is 1. The summed E-state index contributed by atoms with van der Waals surface area (Å²) in [5, 5.41) is 0.618. The summed E-state index contributed by atoms with van der Waals surface area (Å²) in [6.07, 6.45) is -17.6. The number of alkyl halides is 9. The van der Waals surface area contributed by atoms with E-state index in [0.29, 0.717) is 23.9 Å². The van der Waals surface area contributed by atoms with Crippen molar-refractivity contribution in [3.8, 4) is 35.4 Å². The van der Waals surface area contributed by atoms with Gasteiger partial charge in [-0.1, -0.05) is 12.0 Å². The van der Waals surface area contributed by atoms with Gasteiger partial charge in [0.25, 0.3) is 0 Å². The molecule has 0 radical (unpaired) electrons. The van der Waals surface area contributed by atoms with Crippen LogP contribution < -0.4 is 14.4 Å². The highest BCUT2D eigenvalue weighted by atomic mass is 19.4. The molecule has 3 atom stereocenters. The third-order valence-corrected chi connectivity index (χ3v) is 12.5. The summed E-state index contributed by atoms with van der Waals surface area (Å²) < 4.78 is 185. The number of hydrogen-bond donors (Lipinski definition) is 0. The Morgan fingerprint density at radius 1 is 0.910 bits per heavy atom. The number of halogens is 11. The van der Waals surface area contributed by atoms with E-state index >= 15 is 8.78 Å². The number of fused-ring (bicyclic) bond motifs is 4. The zero-order chi connectivity index (χ0) is 48.6. The lowest BCUT2D eigenvalue weighted by Gasteiger charge is -2.41. The molecule has 3 unspecified atom stereocenters. The van der Waals surface area contributed by atoms with Gasteiger partial charge in [0.2, 0.25) is 0 Å². The van der Waals surface area contributed by atoms with Gasteiger partial charge in [-0.3, -0.25) is 4.90 Å². The highest BCUT2D eigenvalue weighted by molar-refractivity contribution is 6.03. The monoisotopic (exact) mass is 960 g/mol. The van der Waals surface area contributed by atoms with E-state index in [4.69, 9.17) is 30.4 Å². The van der Waals surface area contributed by atoms with Crippen LogP contribution in [0.3, 0.4) is 0 Å². The number of benzene rings is 2. The summed E-state index contributed by atoms with van der Waals surface area (Å²) >= 11 is 0. The number of nitrogens with zero attached hydrogens (tertiary/aromatic N) is 6. The van der Waals surface area contributed by atoms with Crippen LogP contribution in [0.4, 0.5) is 58.9 Å². The summed E-state index contributed by atoms with van der Waals surface area (Å²) in [6, 6.07) is 4.53. The second-order valence-electron chi connectivity index (χ2n) is 18.0. The second kappa shape index (κ2) is 16.9. The molecule has 8 rings (SSSR count). The fourth-order valence-corrected chi connectivity index (χ4v) is 9.64. The Labute approximate surface area is 375 Å². The zero-order valence-electron chi connectivity index (χ0n) is 36.3. The average molecular weight is 961 g/mol. The van der Waals surface area contributed by atoms with Crippen LogP contribution in [0.15, 0.2) is 24.3 Å². The Morgan fingerprint density at radius 3 is 2.28 bits per heavy atom. The Morgan fingerprint density at radius 2 is 1.63 bits per heavy atom. The summed E-state index contributed by atoms with van der Waals surface area (Å²) in [5.74, 6) is 0.795. The summed E-state index contributed by atoms with van der Waals surface area (Å²) in [4.78, 5) is 31.9. The van der Waals surface area contributed by atoms with Crippen LogP contribution in [0, 0.1) is 24.0 Å². The third kappa shape index (κ3) is 8.46. The van der Waals surface area contributed by atoms with E-state index in [2.05, 4.69) is 20.6 Å². The van der Waals surface area contributed by atoms with Crippen molar-refractivity contribution in [2.75, 3.05) is 58.1 Å². The Kier molecular flexibility index (Phi) is 12.1. The average Bonchev–Trinajstić information content (AvgIpc) is 3.73. The van der Waals surface area contributed by atoms with Crippen LogP contribution >= 0.6 is 0 Å². The van der Waals surface area contributed by atoms with E-state index in [1.807, 2.05) is 4.90 Å². The topological polar surface area (TPSA) is 112 Å². The van der Waals surface area contributed by atoms with E-state index < -0.39 is 90.7 Å². The minimum absolute atomic E-state index is 0.0116. The molecule has 2 aromatic carbocycles. The number of amides is 1. The SMILES string of the molecule is C#Cc1c(F)ccc2cc(OCOC)cc(-c3nc4c5c(nc(OCC67CCCN6CC(OC(C(F)(F)F)(C(F)(F)F)C(F)(F)F)C7)nc5c3F)N3CCN(C(=O)OC(C)(C)C)CC3CC4)c12. The van der Waals surface area contributed by atoms with E-state index in [1.165, 1.54) is 29.0 Å². The lowest BCUT2D eigenvalue weighted by atomic mass is 9.93. The number of aryl methyl sites for hydroxylation is 1. The van der Waals surface area contributed by atoms with Gasteiger partial charge in [0.05, 0.1) is 28.3 Å². The molecule has 3 fully saturated rings. The number of pyridine rings is 1. The fourth-order valence-electron chi connectivity index (χ4n) is 9.64. The van der Waals surface area contributed by atoms with Crippen molar-refractivity contribution in [3.63, 3.8) is 0 Å². The molecule has 0 aliphatic carbocycles. The Hall–Kier alpha value is -5.47. The summed E-state index contributed by atoms with van der Waals surface area (Å²) in [7, 11) is 1.38. The van der Waals surface area contributed by atoms with Crippen molar-refractivity contribution >= 4 is 33.6 Å². The predicted octanol–water partition coefficient (Wildman–Crippen LogP) is 8.89. The molecule has 1 amide bonds. The van der Waals surface area contributed by atoms with Gasteiger partial charge in [0, 0.05) is 50.3 Å². The Bertz CT molecular complexity index is 2600. The highest BCUT2D eigenvalue weighted by Crippen LogP contribution is 2.57. The van der Waals surface area contributed by atoms with Crippen molar-refractivity contribution in [1.82, 2.24) is 24.8 Å². The van der Waals surface area contributed by atoms with Crippen molar-refractivity contribution < 1.29 is 76.8 Å². The van der Waals surface area contributed by atoms with E-state index in [-0.39, 0.29) is 90.5 Å². The maximum absolute atomic E-state index is 17.6. The van der Waals surface area contributed by atoms with Gasteiger partial charge in [-0.2, -0.15) is 49.5 Å². The zero-order valence-corrected chi connectivity index (χ0v) is 36.3. The highest BCUT2D eigenvalue weighted by Gasteiger charge is 2.86. The first kappa shape index (κ1) is 48.0. The predicted molar refractivity (Wildman–Crippen MR) is 217 cm³/mol. The maximum Gasteiger partial charge on any atom is 0.435 e. The normalized spacial score (nSPS) is 21.6. The quantitative estimate of drug-likeness (QED) is 0.0912. The van der Waals surface area contributed by atoms with Gasteiger partial charge in [-0.05, 0) is 83.0 Å². The number of piperazine rings is 1. The largest absolute Gasteiger partial charge is 0.468 e. The van der Waals surface area contributed by atoms with Gasteiger partial charge < -0.3 is 33.5 Å². The van der Waals surface area contributed by atoms with Crippen molar-refractivity contribution in [3.05, 3.63) is 47.2 Å². The molecule has 6 heterocycles. The number of rotatable bonds is 9. The number of carbonyl (C=O) groups is 1. The van der Waals surface area contributed by atoms with Crippen LogP contribution in [0.2, 0.25) is 0 Å². The van der Waals surface area contributed by atoms with Crippen LogP contribution in [-0.4, -0.2) is 131 Å².